The Morgan fingerprint density at radius 2 is 2.33 bits per heavy atom. The van der Waals surface area contributed by atoms with Crippen LogP contribution >= 0.6 is 12.0 Å². The number of pyridine rings is 1. The molecule has 0 saturated heterocycles. The Morgan fingerprint density at radius 1 is 1.56 bits per heavy atom. The predicted molar refractivity (Wildman–Crippen MR) is 37.5 cm³/mol. The zero-order chi connectivity index (χ0) is 6.69. The molecule has 9 heavy (non-hydrogen) atoms. The molecule has 48 valence electrons. The number of aryl methyl sites for hydroxylation is 1. The topological polar surface area (TPSA) is 33.1 Å². The Hall–Kier alpha value is -0.540. The van der Waals surface area contributed by atoms with E-state index in [1.165, 1.54) is 0 Å². The molecule has 0 atom stereocenters. The molecule has 0 amide bonds. The molecule has 0 fully saturated rings. The normalized spacial score (nSPS) is 9.56. The number of rotatable bonds is 1. The largest absolute Gasteiger partial charge is 0.324 e. The minimum Gasteiger partial charge on any atom is -0.324 e. The molecular formula is C6H7NOS. The lowest BCUT2D eigenvalue weighted by Crippen LogP contribution is -1.77. The molecule has 1 rings (SSSR count). The van der Waals surface area contributed by atoms with Crippen LogP contribution in [0.3, 0.4) is 0 Å². The van der Waals surface area contributed by atoms with E-state index >= 15 is 0 Å². The van der Waals surface area contributed by atoms with E-state index in [1.54, 1.807) is 12.3 Å². The molecule has 2 nitrogen and oxygen atoms in total. The van der Waals surface area contributed by atoms with Crippen LogP contribution in [0, 0.1) is 6.92 Å². The third-order valence-electron chi connectivity index (χ3n) is 0.978. The van der Waals surface area contributed by atoms with Crippen LogP contribution in [0.15, 0.2) is 23.4 Å². The van der Waals surface area contributed by atoms with Gasteiger partial charge in [0, 0.05) is 18.2 Å². The number of nitrogens with zero attached hydrogens (tertiary/aromatic N) is 1. The molecule has 1 heterocycles. The number of hydrogen-bond donors (Lipinski definition) is 1. The summed E-state index contributed by atoms with van der Waals surface area (Å²) in [5.41, 5.74) is 1.10. The highest BCUT2D eigenvalue weighted by Crippen LogP contribution is 2.09. The minimum absolute atomic E-state index is 0.639. The minimum atomic E-state index is 0.639. The standard InChI is InChI=1S/C6H7NOS/c1-5-2-3-6(9-8)7-4-5/h2-4,8H,1H3. The highest BCUT2D eigenvalue weighted by molar-refractivity contribution is 7.93. The second-order valence-electron chi connectivity index (χ2n) is 1.77. The lowest BCUT2D eigenvalue weighted by Gasteiger charge is -1.91. The van der Waals surface area contributed by atoms with Gasteiger partial charge in [0.15, 0.2) is 0 Å². The Labute approximate surface area is 58.1 Å². The summed E-state index contributed by atoms with van der Waals surface area (Å²) < 4.78 is 8.48. The van der Waals surface area contributed by atoms with Crippen molar-refractivity contribution in [3.05, 3.63) is 23.9 Å². The fraction of sp³-hybridized carbons (Fsp3) is 0.167. The van der Waals surface area contributed by atoms with Crippen molar-refractivity contribution in [1.82, 2.24) is 4.98 Å². The smallest absolute Gasteiger partial charge is 0.123 e. The summed E-state index contributed by atoms with van der Waals surface area (Å²) in [5.74, 6) is 0. The number of hydrogen-bond acceptors (Lipinski definition) is 3. The Bertz CT molecular complexity index is 185. The lowest BCUT2D eigenvalue weighted by atomic mass is 10.3. The molecule has 0 spiro atoms. The van der Waals surface area contributed by atoms with Gasteiger partial charge >= 0.3 is 0 Å². The summed E-state index contributed by atoms with van der Waals surface area (Å²) in [7, 11) is 0. The van der Waals surface area contributed by atoms with E-state index in [0.717, 1.165) is 5.56 Å². The summed E-state index contributed by atoms with van der Waals surface area (Å²) >= 11 is 0.666. The van der Waals surface area contributed by atoms with Crippen LogP contribution in [-0.4, -0.2) is 9.54 Å². The Morgan fingerprint density at radius 3 is 2.78 bits per heavy atom. The van der Waals surface area contributed by atoms with Gasteiger partial charge in [0.05, 0.1) is 0 Å². The molecule has 0 aliphatic heterocycles. The van der Waals surface area contributed by atoms with Gasteiger partial charge in [0.1, 0.15) is 5.03 Å². The van der Waals surface area contributed by atoms with E-state index < -0.39 is 0 Å². The van der Waals surface area contributed by atoms with Crippen LogP contribution in [-0.2, 0) is 0 Å². The van der Waals surface area contributed by atoms with Crippen LogP contribution in [0.2, 0.25) is 0 Å². The fourth-order valence-corrected chi connectivity index (χ4v) is 0.737. The van der Waals surface area contributed by atoms with E-state index in [-0.39, 0.29) is 0 Å². The van der Waals surface area contributed by atoms with Gasteiger partial charge in [0.2, 0.25) is 0 Å². The number of aromatic nitrogens is 1. The van der Waals surface area contributed by atoms with Crippen molar-refractivity contribution in [2.24, 2.45) is 0 Å². The lowest BCUT2D eigenvalue weighted by molar-refractivity contribution is 0.660. The van der Waals surface area contributed by atoms with Gasteiger partial charge in [0.25, 0.3) is 0 Å². The molecule has 0 bridgehead atoms. The second kappa shape index (κ2) is 2.85. The van der Waals surface area contributed by atoms with Crippen molar-refractivity contribution in [2.45, 2.75) is 11.9 Å². The first kappa shape index (κ1) is 6.58. The van der Waals surface area contributed by atoms with Crippen LogP contribution in [0.1, 0.15) is 5.56 Å². The van der Waals surface area contributed by atoms with Crippen LogP contribution in [0.25, 0.3) is 0 Å². The van der Waals surface area contributed by atoms with Gasteiger partial charge in [-0.2, -0.15) is 0 Å². The van der Waals surface area contributed by atoms with Crippen molar-refractivity contribution < 1.29 is 4.55 Å². The first-order valence-corrected chi connectivity index (χ1v) is 3.34. The van der Waals surface area contributed by atoms with Crippen molar-refractivity contribution in [2.75, 3.05) is 0 Å². The molecule has 1 aromatic rings. The maximum absolute atomic E-state index is 8.48. The van der Waals surface area contributed by atoms with Crippen molar-refractivity contribution in [1.29, 1.82) is 0 Å². The highest BCUT2D eigenvalue weighted by Gasteiger charge is 1.88. The SMILES string of the molecule is Cc1ccc(SO)nc1. The molecule has 1 N–H and O–H groups in total. The maximum atomic E-state index is 8.48. The van der Waals surface area contributed by atoms with Gasteiger partial charge in [-0.3, -0.25) is 0 Å². The van der Waals surface area contributed by atoms with E-state index in [0.29, 0.717) is 17.1 Å². The van der Waals surface area contributed by atoms with E-state index in [1.807, 2.05) is 13.0 Å². The van der Waals surface area contributed by atoms with E-state index in [4.69, 9.17) is 4.55 Å². The van der Waals surface area contributed by atoms with E-state index in [2.05, 4.69) is 4.98 Å². The third kappa shape index (κ3) is 1.69. The first-order chi connectivity index (χ1) is 4.33. The molecule has 3 heteroatoms. The average molecular weight is 141 g/mol. The quantitative estimate of drug-likeness (QED) is 0.607. The van der Waals surface area contributed by atoms with Gasteiger partial charge in [-0.05, 0) is 18.6 Å². The third-order valence-corrected chi connectivity index (χ3v) is 1.41. The van der Waals surface area contributed by atoms with Crippen molar-refractivity contribution >= 4 is 12.0 Å². The van der Waals surface area contributed by atoms with Crippen LogP contribution < -0.4 is 0 Å². The van der Waals surface area contributed by atoms with E-state index in [9.17, 15) is 0 Å². The fourth-order valence-electron chi connectivity index (χ4n) is 0.508. The summed E-state index contributed by atoms with van der Waals surface area (Å²) in [6.45, 7) is 1.96. The van der Waals surface area contributed by atoms with Gasteiger partial charge < -0.3 is 4.55 Å². The zero-order valence-electron chi connectivity index (χ0n) is 5.03. The molecule has 0 aliphatic rings. The molecule has 0 aromatic carbocycles. The Kier molecular flexibility index (Phi) is 2.08. The van der Waals surface area contributed by atoms with Gasteiger partial charge in [-0.1, -0.05) is 6.07 Å². The second-order valence-corrected chi connectivity index (χ2v) is 2.37. The molecular weight excluding hydrogens is 134 g/mol. The van der Waals surface area contributed by atoms with Gasteiger partial charge in [-0.25, -0.2) is 4.98 Å². The van der Waals surface area contributed by atoms with Crippen LogP contribution in [0.5, 0.6) is 0 Å². The first-order valence-electron chi connectivity index (χ1n) is 2.57. The van der Waals surface area contributed by atoms with Gasteiger partial charge in [-0.15, -0.1) is 0 Å². The molecule has 0 radical (unpaired) electrons. The summed E-state index contributed by atoms with van der Waals surface area (Å²) in [6.07, 6.45) is 1.72. The molecule has 0 unspecified atom stereocenters. The maximum Gasteiger partial charge on any atom is 0.123 e. The van der Waals surface area contributed by atoms with Crippen molar-refractivity contribution in [3.63, 3.8) is 0 Å². The van der Waals surface area contributed by atoms with Crippen LogP contribution in [0.4, 0.5) is 0 Å². The predicted octanol–water partition coefficient (Wildman–Crippen LogP) is 1.96. The summed E-state index contributed by atoms with van der Waals surface area (Å²) in [4.78, 5) is 3.91. The highest BCUT2D eigenvalue weighted by atomic mass is 32.2. The monoisotopic (exact) mass is 141 g/mol. The summed E-state index contributed by atoms with van der Waals surface area (Å²) in [5, 5.41) is 0.639. The molecule has 1 aromatic heterocycles. The summed E-state index contributed by atoms with van der Waals surface area (Å²) in [6, 6.07) is 3.69. The molecule has 0 saturated carbocycles. The average Bonchev–Trinajstić information content (AvgIpc) is 1.90. The van der Waals surface area contributed by atoms with Crippen molar-refractivity contribution in [3.8, 4) is 0 Å². The molecule has 0 aliphatic carbocycles. The zero-order valence-corrected chi connectivity index (χ0v) is 5.85. The Balaban J connectivity index is 2.88.